The van der Waals surface area contributed by atoms with Gasteiger partial charge in [-0.3, -0.25) is 15.5 Å². The molecule has 128 valence electrons. The Bertz CT molecular complexity index is 362. The van der Waals surface area contributed by atoms with Gasteiger partial charge in [0.2, 0.25) is 0 Å². The van der Waals surface area contributed by atoms with E-state index in [0.29, 0.717) is 18.4 Å². The molecule has 6 nitrogen and oxygen atoms in total. The Morgan fingerprint density at radius 2 is 1.57 bits per heavy atom. The van der Waals surface area contributed by atoms with E-state index in [1.807, 2.05) is 0 Å². The Balaban J connectivity index is -0.00000200. The number of carbonyl (C=O) groups excluding carboxylic acids is 3. The standard InChI is InChI=1S/C15H25NO5.2Y/c1-7-16-14(19)15(6,9-20-13(18)11(4)5)21-8-12(17)10(2)3;;/h7-9H2,1-6H3,(H,16,19);;/q-2;;. The van der Waals surface area contributed by atoms with Crippen molar-refractivity contribution in [3.8, 4) is 0 Å². The molecule has 0 saturated heterocycles. The van der Waals surface area contributed by atoms with Crippen LogP contribution in [0.5, 0.6) is 0 Å². The van der Waals surface area contributed by atoms with E-state index < -0.39 is 17.5 Å². The number of ether oxygens (including phenoxy) is 2. The van der Waals surface area contributed by atoms with Crippen molar-refractivity contribution in [3.05, 3.63) is 11.8 Å². The number of carbonyl (C=O) groups is 3. The van der Waals surface area contributed by atoms with Crippen LogP contribution in [0.15, 0.2) is 0 Å². The summed E-state index contributed by atoms with van der Waals surface area (Å²) in [4.78, 5) is 35.2. The molecule has 0 aliphatic rings. The van der Waals surface area contributed by atoms with E-state index in [9.17, 15) is 14.4 Å². The largest absolute Gasteiger partial charge is 0.484 e. The molecule has 0 heterocycles. The Morgan fingerprint density at radius 3 is 1.96 bits per heavy atom. The maximum atomic E-state index is 12.1. The van der Waals surface area contributed by atoms with Gasteiger partial charge in [-0.25, -0.2) is 0 Å². The quantitative estimate of drug-likeness (QED) is 0.400. The van der Waals surface area contributed by atoms with Gasteiger partial charge in [0.15, 0.2) is 11.6 Å². The smallest absolute Gasteiger partial charge is 0.255 e. The molecule has 2 radical (unpaired) electrons. The molecule has 0 bridgehead atoms. The number of amides is 1. The average Bonchev–Trinajstić information content (AvgIpc) is 2.41. The van der Waals surface area contributed by atoms with E-state index in [1.54, 1.807) is 34.6 Å². The predicted octanol–water partition coefficient (Wildman–Crippen LogP) is 1.23. The maximum absolute atomic E-state index is 12.1. The monoisotopic (exact) mass is 477 g/mol. The Hall–Kier alpha value is 0.518. The molecule has 0 rings (SSSR count). The van der Waals surface area contributed by atoms with Crippen molar-refractivity contribution >= 4 is 17.7 Å². The van der Waals surface area contributed by atoms with Crippen LogP contribution in [0.25, 0.3) is 0 Å². The molecular weight excluding hydrogens is 452 g/mol. The fourth-order valence-corrected chi connectivity index (χ4v) is 1.24. The minimum atomic E-state index is -1.40. The molecule has 8 heteroatoms. The van der Waals surface area contributed by atoms with Gasteiger partial charge in [-0.1, -0.05) is 0 Å². The van der Waals surface area contributed by atoms with Crippen LogP contribution in [0.3, 0.4) is 0 Å². The van der Waals surface area contributed by atoms with Crippen molar-refractivity contribution in [1.82, 2.24) is 5.32 Å². The second-order valence-corrected chi connectivity index (χ2v) is 5.38. The molecule has 0 aromatic rings. The minimum Gasteiger partial charge on any atom is -0.484 e. The summed E-state index contributed by atoms with van der Waals surface area (Å²) in [6.07, 6.45) is 0. The number of rotatable bonds is 9. The van der Waals surface area contributed by atoms with Crippen molar-refractivity contribution in [3.63, 3.8) is 0 Å². The number of ketones is 1. The third-order valence-electron chi connectivity index (χ3n) is 2.78. The van der Waals surface area contributed by atoms with Crippen molar-refractivity contribution in [2.24, 2.45) is 0 Å². The van der Waals surface area contributed by atoms with E-state index in [0.717, 1.165) is 0 Å². The molecule has 23 heavy (non-hydrogen) atoms. The zero-order valence-electron chi connectivity index (χ0n) is 14.8. The zero-order chi connectivity index (χ0) is 16.6. The number of hydrogen-bond donors (Lipinski definition) is 1. The van der Waals surface area contributed by atoms with Crippen LogP contribution in [0, 0.1) is 11.8 Å². The Morgan fingerprint density at radius 1 is 1.04 bits per heavy atom. The van der Waals surface area contributed by atoms with Gasteiger partial charge < -0.3 is 25.5 Å². The zero-order valence-corrected chi connectivity index (χ0v) is 20.5. The summed E-state index contributed by atoms with van der Waals surface area (Å²) in [5, 5.41) is 2.61. The van der Waals surface area contributed by atoms with Gasteiger partial charge in [-0.15, -0.1) is 0 Å². The van der Waals surface area contributed by atoms with E-state index in [2.05, 4.69) is 5.32 Å². The van der Waals surface area contributed by atoms with E-state index in [-0.39, 0.29) is 84.4 Å². The van der Waals surface area contributed by atoms with Crippen LogP contribution < -0.4 is 5.32 Å². The predicted molar refractivity (Wildman–Crippen MR) is 78.2 cm³/mol. The molecule has 0 aliphatic heterocycles. The van der Waals surface area contributed by atoms with Crippen molar-refractivity contribution in [1.29, 1.82) is 0 Å². The van der Waals surface area contributed by atoms with Gasteiger partial charge in [0.25, 0.3) is 5.91 Å². The maximum Gasteiger partial charge on any atom is 0.255 e. The van der Waals surface area contributed by atoms with Gasteiger partial charge >= 0.3 is 0 Å². The number of nitrogens with one attached hydrogen (secondary N) is 1. The van der Waals surface area contributed by atoms with Crippen LogP contribution in [-0.2, 0) is 89.3 Å². The fourth-order valence-electron chi connectivity index (χ4n) is 1.24. The summed E-state index contributed by atoms with van der Waals surface area (Å²) in [5.74, 6) is -0.0630. The molecule has 1 N–H and O–H groups in total. The molecule has 1 atom stereocenters. The Labute approximate surface area is 189 Å². The summed E-state index contributed by atoms with van der Waals surface area (Å²) in [7, 11) is 0. The molecule has 0 aromatic carbocycles. The van der Waals surface area contributed by atoms with E-state index in [4.69, 9.17) is 9.47 Å². The van der Waals surface area contributed by atoms with E-state index >= 15 is 0 Å². The molecule has 0 aromatic heterocycles. The first-order valence-electron chi connectivity index (χ1n) is 6.87. The normalized spacial score (nSPS) is 11.9. The molecule has 0 fully saturated rings. The summed E-state index contributed by atoms with van der Waals surface area (Å²) in [5.41, 5.74) is -1.40. The second kappa shape index (κ2) is 13.8. The van der Waals surface area contributed by atoms with E-state index in [1.165, 1.54) is 6.92 Å². The van der Waals surface area contributed by atoms with Gasteiger partial charge in [0.05, 0.1) is 6.61 Å². The first kappa shape index (κ1) is 28.3. The number of Topliss-reactive ketones (excluding diaryl/α,β-unsaturated/α-hetero) is 1. The molecule has 1 amide bonds. The summed E-state index contributed by atoms with van der Waals surface area (Å²) in [6, 6.07) is 0. The van der Waals surface area contributed by atoms with Gasteiger partial charge in [-0.2, -0.15) is 27.7 Å². The molecular formula is C15H25NO5Y2-2. The average molecular weight is 477 g/mol. The SMILES string of the molecule is CCNC(=O)C(C)(COC(=O)[C-](C)C)OCC(=O)[C-](C)C.[Y].[Y]. The topological polar surface area (TPSA) is 81.7 Å². The first-order chi connectivity index (χ1) is 9.64. The summed E-state index contributed by atoms with van der Waals surface area (Å²) < 4.78 is 10.5. The minimum absolute atomic E-state index is 0. The van der Waals surface area contributed by atoms with Crippen LogP contribution >= 0.6 is 0 Å². The molecule has 0 aliphatic carbocycles. The van der Waals surface area contributed by atoms with Crippen LogP contribution in [0.2, 0.25) is 0 Å². The van der Waals surface area contributed by atoms with Crippen molar-refractivity contribution in [2.45, 2.75) is 47.1 Å². The van der Waals surface area contributed by atoms with Gasteiger partial charge in [0.1, 0.15) is 6.61 Å². The Kier molecular flexibility index (Phi) is 17.0. The van der Waals surface area contributed by atoms with Gasteiger partial charge in [-0.05, 0) is 13.8 Å². The third-order valence-corrected chi connectivity index (χ3v) is 2.78. The molecule has 1 unspecified atom stereocenters. The summed E-state index contributed by atoms with van der Waals surface area (Å²) >= 11 is 0. The number of hydrogen-bond acceptors (Lipinski definition) is 5. The number of likely N-dealkylation sites (N-methyl/N-ethyl adjacent to an activating group) is 1. The molecule has 0 spiro atoms. The van der Waals surface area contributed by atoms with Crippen LogP contribution in [0.1, 0.15) is 41.5 Å². The van der Waals surface area contributed by atoms with Gasteiger partial charge in [0, 0.05) is 77.7 Å². The molecule has 0 saturated carbocycles. The number of esters is 1. The van der Waals surface area contributed by atoms with Crippen molar-refractivity contribution in [2.75, 3.05) is 19.8 Å². The first-order valence-corrected chi connectivity index (χ1v) is 6.87. The third kappa shape index (κ3) is 10.9. The van der Waals surface area contributed by atoms with Crippen molar-refractivity contribution < 1.29 is 89.3 Å². The second-order valence-electron chi connectivity index (χ2n) is 5.38. The van der Waals surface area contributed by atoms with Crippen LogP contribution in [0.4, 0.5) is 0 Å². The van der Waals surface area contributed by atoms with Crippen LogP contribution in [-0.4, -0.2) is 43.0 Å². The fraction of sp³-hybridized carbons (Fsp3) is 0.667. The summed E-state index contributed by atoms with van der Waals surface area (Å²) in [6.45, 7) is 9.77.